The first-order valence-corrected chi connectivity index (χ1v) is 10.7. The van der Waals surface area contributed by atoms with Crippen molar-refractivity contribution >= 4 is 17.3 Å². The summed E-state index contributed by atoms with van der Waals surface area (Å²) in [4.78, 5) is 9.90. The van der Waals surface area contributed by atoms with Gasteiger partial charge in [-0.25, -0.2) is 4.99 Å². The highest BCUT2D eigenvalue weighted by Gasteiger charge is 2.24. The number of aryl methyl sites for hydroxylation is 1. The molecule has 6 nitrogen and oxygen atoms in total. The number of guanidine groups is 1. The van der Waals surface area contributed by atoms with Gasteiger partial charge in [0.05, 0.1) is 25.8 Å². The molecular weight excluding hydrogens is 372 g/mol. The minimum atomic E-state index is 0.275. The SMILES string of the molecule is CCNC(=NCc1ccc(O)cc1)NCC(c1ccc(C)s1)N1CCOCC1. The van der Waals surface area contributed by atoms with Crippen LogP contribution in [0.1, 0.15) is 28.3 Å². The molecule has 1 aliphatic heterocycles. The van der Waals surface area contributed by atoms with Crippen molar-refractivity contribution in [1.29, 1.82) is 0 Å². The number of hydrogen-bond donors (Lipinski definition) is 3. The average molecular weight is 403 g/mol. The van der Waals surface area contributed by atoms with Crippen LogP contribution in [0.15, 0.2) is 41.4 Å². The maximum atomic E-state index is 9.42. The number of aromatic hydroxyl groups is 1. The van der Waals surface area contributed by atoms with Crippen molar-refractivity contribution in [1.82, 2.24) is 15.5 Å². The van der Waals surface area contributed by atoms with Crippen molar-refractivity contribution in [2.45, 2.75) is 26.4 Å². The van der Waals surface area contributed by atoms with E-state index in [1.54, 1.807) is 12.1 Å². The van der Waals surface area contributed by atoms with Crippen molar-refractivity contribution in [3.63, 3.8) is 0 Å². The molecule has 0 amide bonds. The number of phenols is 1. The molecule has 152 valence electrons. The predicted octanol–water partition coefficient (Wildman–Crippen LogP) is 2.89. The van der Waals surface area contributed by atoms with E-state index in [9.17, 15) is 5.11 Å². The number of hydrogen-bond acceptors (Lipinski definition) is 5. The number of thiophene rings is 1. The fourth-order valence-corrected chi connectivity index (χ4v) is 4.25. The van der Waals surface area contributed by atoms with Gasteiger partial charge in [-0.1, -0.05) is 12.1 Å². The maximum Gasteiger partial charge on any atom is 0.191 e. The Bertz CT molecular complexity index is 754. The molecule has 0 radical (unpaired) electrons. The molecule has 0 bridgehead atoms. The van der Waals surface area contributed by atoms with E-state index in [1.165, 1.54) is 9.75 Å². The van der Waals surface area contributed by atoms with E-state index in [0.717, 1.165) is 50.9 Å². The summed E-state index contributed by atoms with van der Waals surface area (Å²) < 4.78 is 5.54. The number of nitrogens with one attached hydrogen (secondary N) is 2. The number of rotatable bonds is 7. The number of ether oxygens (including phenoxy) is 1. The zero-order valence-electron chi connectivity index (χ0n) is 16.6. The third-order valence-electron chi connectivity index (χ3n) is 4.74. The lowest BCUT2D eigenvalue weighted by Crippen LogP contribution is -2.46. The van der Waals surface area contributed by atoms with E-state index in [0.29, 0.717) is 12.6 Å². The van der Waals surface area contributed by atoms with E-state index in [2.05, 4.69) is 41.5 Å². The topological polar surface area (TPSA) is 69.1 Å². The van der Waals surface area contributed by atoms with Crippen molar-refractivity contribution < 1.29 is 9.84 Å². The third-order valence-corrected chi connectivity index (χ3v) is 5.84. The van der Waals surface area contributed by atoms with E-state index in [-0.39, 0.29) is 5.75 Å². The van der Waals surface area contributed by atoms with Crippen LogP contribution < -0.4 is 10.6 Å². The first kappa shape index (κ1) is 20.6. The second-order valence-electron chi connectivity index (χ2n) is 6.86. The minimum Gasteiger partial charge on any atom is -0.508 e. The van der Waals surface area contributed by atoms with Crippen molar-refractivity contribution in [2.75, 3.05) is 39.4 Å². The van der Waals surface area contributed by atoms with Crippen LogP contribution in [0.4, 0.5) is 0 Å². The Morgan fingerprint density at radius 3 is 2.57 bits per heavy atom. The van der Waals surface area contributed by atoms with Crippen LogP contribution in [0.3, 0.4) is 0 Å². The number of nitrogens with zero attached hydrogens (tertiary/aromatic N) is 2. The van der Waals surface area contributed by atoms with Gasteiger partial charge < -0.3 is 20.5 Å². The summed E-state index contributed by atoms with van der Waals surface area (Å²) in [6.07, 6.45) is 0. The van der Waals surface area contributed by atoms with Crippen molar-refractivity contribution in [2.24, 2.45) is 4.99 Å². The largest absolute Gasteiger partial charge is 0.508 e. The van der Waals surface area contributed by atoms with Crippen LogP contribution in [-0.2, 0) is 11.3 Å². The molecule has 2 heterocycles. The molecule has 1 atom stereocenters. The third kappa shape index (κ3) is 5.95. The van der Waals surface area contributed by atoms with Gasteiger partial charge >= 0.3 is 0 Å². The van der Waals surface area contributed by atoms with E-state index >= 15 is 0 Å². The summed E-state index contributed by atoms with van der Waals surface area (Å²) in [5.74, 6) is 1.08. The Morgan fingerprint density at radius 2 is 1.93 bits per heavy atom. The van der Waals surface area contributed by atoms with Gasteiger partial charge in [-0.2, -0.15) is 0 Å². The summed E-state index contributed by atoms with van der Waals surface area (Å²) in [7, 11) is 0. The highest BCUT2D eigenvalue weighted by atomic mass is 32.1. The van der Waals surface area contributed by atoms with Crippen LogP contribution in [-0.4, -0.2) is 55.4 Å². The zero-order valence-corrected chi connectivity index (χ0v) is 17.5. The summed E-state index contributed by atoms with van der Waals surface area (Å²) in [5.41, 5.74) is 1.06. The molecule has 3 rings (SSSR count). The fourth-order valence-electron chi connectivity index (χ4n) is 3.24. The molecular formula is C21H30N4O2S. The number of benzene rings is 1. The van der Waals surface area contributed by atoms with E-state index < -0.39 is 0 Å². The van der Waals surface area contributed by atoms with E-state index in [4.69, 9.17) is 9.73 Å². The molecule has 3 N–H and O–H groups in total. The standard InChI is InChI=1S/C21H30N4O2S/c1-3-22-21(23-14-17-5-7-18(26)8-6-17)24-15-19(20-9-4-16(2)28-20)25-10-12-27-13-11-25/h4-9,19,26H,3,10-15H2,1-2H3,(H2,22,23,24). The Labute approximate surface area is 171 Å². The quantitative estimate of drug-likeness (QED) is 0.491. The summed E-state index contributed by atoms with van der Waals surface area (Å²) >= 11 is 1.86. The summed E-state index contributed by atoms with van der Waals surface area (Å²) in [5, 5.41) is 16.3. The van der Waals surface area contributed by atoms with Gasteiger partial charge in [0.25, 0.3) is 0 Å². The molecule has 1 fully saturated rings. The fraction of sp³-hybridized carbons (Fsp3) is 0.476. The molecule has 1 saturated heterocycles. The number of aliphatic imine (C=N–C) groups is 1. The molecule has 28 heavy (non-hydrogen) atoms. The van der Waals surface area contributed by atoms with Gasteiger partial charge in [0.2, 0.25) is 0 Å². The Hall–Kier alpha value is -2.09. The Balaban J connectivity index is 1.67. The molecule has 1 unspecified atom stereocenters. The molecule has 1 aromatic carbocycles. The maximum absolute atomic E-state index is 9.42. The second kappa shape index (κ2) is 10.5. The first-order valence-electron chi connectivity index (χ1n) is 9.84. The average Bonchev–Trinajstić information content (AvgIpc) is 3.14. The normalized spacial score (nSPS) is 16.7. The molecule has 7 heteroatoms. The number of morpholine rings is 1. The summed E-state index contributed by atoms with van der Waals surface area (Å²) in [6.45, 7) is 9.86. The van der Waals surface area contributed by atoms with Gasteiger partial charge in [-0.3, -0.25) is 4.90 Å². The van der Waals surface area contributed by atoms with Crippen molar-refractivity contribution in [3.8, 4) is 5.75 Å². The summed E-state index contributed by atoms with van der Waals surface area (Å²) in [6, 6.07) is 11.9. The highest BCUT2D eigenvalue weighted by molar-refractivity contribution is 7.12. The second-order valence-corrected chi connectivity index (χ2v) is 8.17. The first-order chi connectivity index (χ1) is 13.7. The Kier molecular flexibility index (Phi) is 7.71. The Morgan fingerprint density at radius 1 is 1.18 bits per heavy atom. The predicted molar refractivity (Wildman–Crippen MR) is 115 cm³/mol. The highest BCUT2D eigenvalue weighted by Crippen LogP contribution is 2.27. The van der Waals surface area contributed by atoms with Gasteiger partial charge in [-0.15, -0.1) is 11.3 Å². The lowest BCUT2D eigenvalue weighted by molar-refractivity contribution is 0.0177. The zero-order chi connectivity index (χ0) is 19.8. The number of phenolic OH excluding ortho intramolecular Hbond substituents is 1. The van der Waals surface area contributed by atoms with Gasteiger partial charge in [0.1, 0.15) is 5.75 Å². The van der Waals surface area contributed by atoms with Gasteiger partial charge in [-0.05, 0) is 43.7 Å². The lowest BCUT2D eigenvalue weighted by Gasteiger charge is -2.34. The molecule has 1 aliphatic rings. The van der Waals surface area contributed by atoms with Crippen LogP contribution in [0.5, 0.6) is 5.75 Å². The van der Waals surface area contributed by atoms with Gasteiger partial charge in [0, 0.05) is 35.9 Å². The minimum absolute atomic E-state index is 0.275. The van der Waals surface area contributed by atoms with Crippen LogP contribution in [0.2, 0.25) is 0 Å². The monoisotopic (exact) mass is 402 g/mol. The molecule has 0 spiro atoms. The lowest BCUT2D eigenvalue weighted by atomic mass is 10.2. The molecule has 0 saturated carbocycles. The van der Waals surface area contributed by atoms with Crippen molar-refractivity contribution in [3.05, 3.63) is 51.7 Å². The smallest absolute Gasteiger partial charge is 0.191 e. The molecule has 0 aliphatic carbocycles. The van der Waals surface area contributed by atoms with Crippen LogP contribution >= 0.6 is 11.3 Å². The molecule has 1 aromatic heterocycles. The van der Waals surface area contributed by atoms with E-state index in [1.807, 2.05) is 23.5 Å². The van der Waals surface area contributed by atoms with Crippen LogP contribution in [0, 0.1) is 6.92 Å². The van der Waals surface area contributed by atoms with Gasteiger partial charge in [0.15, 0.2) is 5.96 Å². The molecule has 2 aromatic rings. The van der Waals surface area contributed by atoms with Crippen LogP contribution in [0.25, 0.3) is 0 Å².